The predicted octanol–water partition coefficient (Wildman–Crippen LogP) is 3.09. The molecule has 0 aliphatic carbocycles. The van der Waals surface area contributed by atoms with Gasteiger partial charge in [-0.25, -0.2) is 4.79 Å². The molecule has 1 unspecified atom stereocenters. The van der Waals surface area contributed by atoms with Crippen LogP contribution in [0, 0.1) is 11.8 Å². The highest BCUT2D eigenvalue weighted by molar-refractivity contribution is 5.86. The molecule has 1 N–H and O–H groups in total. The number of amides is 1. The molecule has 0 rings (SSSR count). The summed E-state index contributed by atoms with van der Waals surface area (Å²) >= 11 is 0. The van der Waals surface area contributed by atoms with Gasteiger partial charge < -0.3 is 10.1 Å². The van der Waals surface area contributed by atoms with E-state index in [4.69, 9.17) is 0 Å². The number of hydrogen-bond donors (Lipinski definition) is 1. The molecule has 0 fully saturated rings. The summed E-state index contributed by atoms with van der Waals surface area (Å²) in [6.45, 7) is 15.0. The molecule has 0 bridgehead atoms. The van der Waals surface area contributed by atoms with Crippen LogP contribution in [0.15, 0.2) is 25.3 Å². The summed E-state index contributed by atoms with van der Waals surface area (Å²) in [5.74, 6) is -0.839. The number of ether oxygens (including phenoxy) is 1. The number of carbonyl (C=O) groups is 2. The molecule has 4 heteroatoms. The first-order valence-corrected chi connectivity index (χ1v) is 7.07. The third kappa shape index (κ3) is 7.77. The monoisotopic (exact) mass is 283 g/mol. The van der Waals surface area contributed by atoms with Crippen LogP contribution < -0.4 is 5.32 Å². The fourth-order valence-corrected chi connectivity index (χ4v) is 1.61. The molecular formula is C16H29NO3. The second kappa shape index (κ2) is 12.5. The second-order valence-electron chi connectivity index (χ2n) is 4.50. The smallest absolute Gasteiger partial charge is 0.328 e. The van der Waals surface area contributed by atoms with Crippen molar-refractivity contribution in [3.63, 3.8) is 0 Å². The van der Waals surface area contributed by atoms with Gasteiger partial charge in [-0.3, -0.25) is 4.79 Å². The molecule has 0 aliphatic heterocycles. The summed E-state index contributed by atoms with van der Waals surface area (Å²) in [7, 11) is 1.31. The number of rotatable bonds is 8. The van der Waals surface area contributed by atoms with Crippen LogP contribution in [0.3, 0.4) is 0 Å². The van der Waals surface area contributed by atoms with Crippen molar-refractivity contribution in [2.75, 3.05) is 7.11 Å². The second-order valence-corrected chi connectivity index (χ2v) is 4.50. The molecule has 20 heavy (non-hydrogen) atoms. The Labute approximate surface area is 123 Å². The lowest BCUT2D eigenvalue weighted by molar-refractivity contribution is -0.146. The van der Waals surface area contributed by atoms with Crippen molar-refractivity contribution >= 4 is 11.9 Å². The average Bonchev–Trinajstić information content (AvgIpc) is 2.45. The highest BCUT2D eigenvalue weighted by Gasteiger charge is 2.27. The molecular weight excluding hydrogens is 254 g/mol. The first kappa shape index (κ1) is 20.7. The van der Waals surface area contributed by atoms with E-state index in [-0.39, 0.29) is 17.7 Å². The number of nitrogens with one attached hydrogen (secondary N) is 1. The van der Waals surface area contributed by atoms with Crippen LogP contribution in [-0.2, 0) is 14.3 Å². The Morgan fingerprint density at radius 2 is 1.60 bits per heavy atom. The lowest BCUT2D eigenvalue weighted by atomic mass is 9.98. The highest BCUT2D eigenvalue weighted by atomic mass is 16.5. The fourth-order valence-electron chi connectivity index (χ4n) is 1.61. The van der Waals surface area contributed by atoms with Crippen LogP contribution in [-0.4, -0.2) is 25.0 Å². The van der Waals surface area contributed by atoms with Crippen molar-refractivity contribution in [1.82, 2.24) is 5.32 Å². The van der Waals surface area contributed by atoms with Gasteiger partial charge in [0.2, 0.25) is 5.91 Å². The fraction of sp³-hybridized carbons (Fsp3) is 0.625. The Morgan fingerprint density at radius 3 is 1.90 bits per heavy atom. The number of allylic oxidation sites excluding steroid dienone is 2. The zero-order valence-electron chi connectivity index (χ0n) is 13.4. The molecule has 0 aromatic carbocycles. The number of hydrogen-bond acceptors (Lipinski definition) is 3. The largest absolute Gasteiger partial charge is 0.467 e. The van der Waals surface area contributed by atoms with Crippen molar-refractivity contribution in [2.45, 2.75) is 46.6 Å². The van der Waals surface area contributed by atoms with Crippen LogP contribution >= 0.6 is 0 Å². The minimum Gasteiger partial charge on any atom is -0.467 e. The van der Waals surface area contributed by atoms with Crippen molar-refractivity contribution in [1.29, 1.82) is 0 Å². The average molecular weight is 283 g/mol. The third-order valence-electron chi connectivity index (χ3n) is 2.69. The molecule has 116 valence electrons. The molecule has 0 heterocycles. The van der Waals surface area contributed by atoms with E-state index in [1.54, 1.807) is 12.2 Å². The van der Waals surface area contributed by atoms with E-state index < -0.39 is 12.0 Å². The van der Waals surface area contributed by atoms with Crippen molar-refractivity contribution in [3.8, 4) is 0 Å². The minimum absolute atomic E-state index is 0.0190. The summed E-state index contributed by atoms with van der Waals surface area (Å²) in [4.78, 5) is 23.6. The van der Waals surface area contributed by atoms with Gasteiger partial charge in [0, 0.05) is 5.92 Å². The molecule has 0 radical (unpaired) electrons. The Hall–Kier alpha value is -1.58. The van der Waals surface area contributed by atoms with Gasteiger partial charge in [0.1, 0.15) is 6.04 Å². The van der Waals surface area contributed by atoms with E-state index in [1.165, 1.54) is 7.11 Å². The molecule has 0 spiro atoms. The molecule has 0 saturated heterocycles. The number of methoxy groups -OCH3 is 1. The predicted molar refractivity (Wildman–Crippen MR) is 83.3 cm³/mol. The van der Waals surface area contributed by atoms with E-state index >= 15 is 0 Å². The van der Waals surface area contributed by atoms with Gasteiger partial charge in [-0.2, -0.15) is 0 Å². The van der Waals surface area contributed by atoms with Crippen molar-refractivity contribution in [3.05, 3.63) is 25.3 Å². The molecule has 0 aromatic heterocycles. The Balaban J connectivity index is 0. The van der Waals surface area contributed by atoms with Gasteiger partial charge in [-0.15, -0.1) is 13.2 Å². The van der Waals surface area contributed by atoms with Crippen LogP contribution in [0.25, 0.3) is 0 Å². The zero-order chi connectivity index (χ0) is 16.1. The molecule has 1 amide bonds. The number of esters is 1. The van der Waals surface area contributed by atoms with Crippen LogP contribution in [0.1, 0.15) is 40.5 Å². The summed E-state index contributed by atoms with van der Waals surface area (Å²) in [5.41, 5.74) is 0. The Kier molecular flexibility index (Phi) is 12.9. The van der Waals surface area contributed by atoms with Crippen molar-refractivity contribution in [2.24, 2.45) is 11.8 Å². The maximum absolute atomic E-state index is 12.0. The topological polar surface area (TPSA) is 55.4 Å². The van der Waals surface area contributed by atoms with E-state index in [1.807, 2.05) is 27.7 Å². The molecule has 4 nitrogen and oxygen atoms in total. The molecule has 0 aromatic rings. The summed E-state index contributed by atoms with van der Waals surface area (Å²) in [5, 5.41) is 2.73. The van der Waals surface area contributed by atoms with Crippen molar-refractivity contribution < 1.29 is 14.3 Å². The van der Waals surface area contributed by atoms with E-state index in [2.05, 4.69) is 23.2 Å². The van der Waals surface area contributed by atoms with Gasteiger partial charge in [-0.1, -0.05) is 39.8 Å². The first-order valence-electron chi connectivity index (χ1n) is 7.07. The lowest BCUT2D eigenvalue weighted by Gasteiger charge is -2.22. The SMILES string of the molecule is C=CCC(CC=C)C(=O)NC(C(=O)OC)C(C)C.CC. The molecule has 1 atom stereocenters. The maximum atomic E-state index is 12.0. The molecule has 0 aliphatic rings. The molecule has 0 saturated carbocycles. The summed E-state index contributed by atoms with van der Waals surface area (Å²) in [6, 6.07) is -0.611. The standard InChI is InChI=1S/C14H23NO3.C2H6/c1-6-8-11(9-7-2)13(16)15-12(10(3)4)14(17)18-5;1-2/h6-7,10-12H,1-2,8-9H2,3-5H3,(H,15,16);1-2H3. The Morgan fingerprint density at radius 1 is 1.15 bits per heavy atom. The zero-order valence-corrected chi connectivity index (χ0v) is 13.4. The van der Waals surface area contributed by atoms with Crippen LogP contribution in [0.2, 0.25) is 0 Å². The van der Waals surface area contributed by atoms with Gasteiger partial charge in [0.05, 0.1) is 7.11 Å². The van der Waals surface area contributed by atoms with E-state index in [9.17, 15) is 9.59 Å². The minimum atomic E-state index is -0.611. The Bertz CT molecular complexity index is 301. The lowest BCUT2D eigenvalue weighted by Crippen LogP contribution is -2.47. The van der Waals surface area contributed by atoms with Crippen LogP contribution in [0.4, 0.5) is 0 Å². The normalized spacial score (nSPS) is 11.2. The highest BCUT2D eigenvalue weighted by Crippen LogP contribution is 2.12. The first-order chi connectivity index (χ1) is 9.47. The van der Waals surface area contributed by atoms with Gasteiger partial charge in [0.15, 0.2) is 0 Å². The van der Waals surface area contributed by atoms with E-state index in [0.29, 0.717) is 12.8 Å². The summed E-state index contributed by atoms with van der Waals surface area (Å²) < 4.78 is 4.68. The maximum Gasteiger partial charge on any atom is 0.328 e. The van der Waals surface area contributed by atoms with E-state index in [0.717, 1.165) is 0 Å². The quantitative estimate of drug-likeness (QED) is 0.550. The van der Waals surface area contributed by atoms with Crippen LogP contribution in [0.5, 0.6) is 0 Å². The summed E-state index contributed by atoms with van der Waals surface area (Å²) in [6.07, 6.45) is 4.50. The number of carbonyl (C=O) groups excluding carboxylic acids is 2. The third-order valence-corrected chi connectivity index (χ3v) is 2.69. The van der Waals surface area contributed by atoms with Gasteiger partial charge >= 0.3 is 5.97 Å². The van der Waals surface area contributed by atoms with Gasteiger partial charge in [0.25, 0.3) is 0 Å². The van der Waals surface area contributed by atoms with Gasteiger partial charge in [-0.05, 0) is 18.8 Å².